The number of ether oxygens (including phenoxy) is 2. The number of rotatable bonds is 11. The molecule has 0 saturated carbocycles. The minimum absolute atomic E-state index is 0.0760. The zero-order valence-electron chi connectivity index (χ0n) is 30.5. The van der Waals surface area contributed by atoms with Crippen LogP contribution >= 0.6 is 0 Å². The van der Waals surface area contributed by atoms with Crippen molar-refractivity contribution in [2.24, 2.45) is 0 Å². The van der Waals surface area contributed by atoms with Gasteiger partial charge in [-0.15, -0.1) is 5.10 Å². The summed E-state index contributed by atoms with van der Waals surface area (Å²) in [5.74, 6) is -0.910. The molecule has 14 heteroatoms. The number of nitrogens with zero attached hydrogens (tertiary/aromatic N) is 5. The van der Waals surface area contributed by atoms with Gasteiger partial charge in [0, 0.05) is 70.3 Å². The van der Waals surface area contributed by atoms with E-state index in [0.717, 1.165) is 32.2 Å². The molecule has 2 aromatic carbocycles. The van der Waals surface area contributed by atoms with Crippen molar-refractivity contribution in [2.45, 2.75) is 57.0 Å². The largest absolute Gasteiger partial charge is 0.473 e. The van der Waals surface area contributed by atoms with E-state index >= 15 is 4.39 Å². The van der Waals surface area contributed by atoms with E-state index in [9.17, 15) is 22.8 Å². The van der Waals surface area contributed by atoms with Crippen molar-refractivity contribution >= 4 is 33.9 Å². The third kappa shape index (κ3) is 9.34. The molecular weight excluding hydrogens is 704 g/mol. The number of likely N-dealkylation sites (tertiary alicyclic amines) is 1. The molecule has 4 aromatic rings. The van der Waals surface area contributed by atoms with Crippen LogP contribution < -0.4 is 10.1 Å². The molecule has 2 fully saturated rings. The van der Waals surface area contributed by atoms with Crippen molar-refractivity contribution < 1.29 is 36.6 Å². The highest BCUT2D eigenvalue weighted by atomic mass is 19.4. The SMILES string of the molecule is CNC(=O)c1ccc(/C(CC(F)(F)F)=C(\c2ccc(O[C@@H]3CCCN(C/C=C/C(=O)N(C)C)C3)nc2)c2ccc3c(c2)c(F)nn3[C@H]2CCCCO2)cc1. The predicted octanol–water partition coefficient (Wildman–Crippen LogP) is 7.03. The van der Waals surface area contributed by atoms with Gasteiger partial charge in [-0.05, 0) is 91.3 Å². The molecule has 286 valence electrons. The minimum Gasteiger partial charge on any atom is -0.473 e. The number of fused-ring (bicyclic) bond motifs is 1. The number of alkyl halides is 3. The van der Waals surface area contributed by atoms with Gasteiger partial charge in [0.25, 0.3) is 5.91 Å². The number of carbonyl (C=O) groups excluding carboxylic acids is 2. The lowest BCUT2D eigenvalue weighted by molar-refractivity contribution is -0.124. The van der Waals surface area contributed by atoms with Gasteiger partial charge >= 0.3 is 6.18 Å². The first kappa shape index (κ1) is 38.6. The van der Waals surface area contributed by atoms with Crippen molar-refractivity contribution in [1.29, 1.82) is 0 Å². The van der Waals surface area contributed by atoms with Crippen molar-refractivity contribution in [1.82, 2.24) is 29.9 Å². The molecule has 54 heavy (non-hydrogen) atoms. The van der Waals surface area contributed by atoms with E-state index in [-0.39, 0.29) is 45.6 Å². The Labute approximate surface area is 311 Å². The third-order valence-electron chi connectivity index (χ3n) is 9.62. The highest BCUT2D eigenvalue weighted by molar-refractivity contribution is 6.01. The summed E-state index contributed by atoms with van der Waals surface area (Å²) >= 11 is 0. The fourth-order valence-electron chi connectivity index (χ4n) is 6.91. The molecule has 2 aliphatic heterocycles. The first-order chi connectivity index (χ1) is 25.9. The predicted molar refractivity (Wildman–Crippen MR) is 197 cm³/mol. The zero-order chi connectivity index (χ0) is 38.4. The molecule has 2 atom stereocenters. The summed E-state index contributed by atoms with van der Waals surface area (Å²) in [4.78, 5) is 32.4. The normalized spacial score (nSPS) is 18.8. The van der Waals surface area contributed by atoms with Crippen molar-refractivity contribution in [3.05, 3.63) is 101 Å². The Kier molecular flexibility index (Phi) is 12.1. The zero-order valence-corrected chi connectivity index (χ0v) is 30.5. The average Bonchev–Trinajstić information content (AvgIpc) is 3.50. The summed E-state index contributed by atoms with van der Waals surface area (Å²) in [5, 5.41) is 6.80. The van der Waals surface area contributed by atoms with E-state index in [4.69, 9.17) is 9.47 Å². The molecule has 1 N–H and O–H groups in total. The second kappa shape index (κ2) is 16.9. The Bertz CT molecular complexity index is 2000. The first-order valence-electron chi connectivity index (χ1n) is 18.1. The second-order valence-corrected chi connectivity index (χ2v) is 13.8. The number of piperidine rings is 1. The van der Waals surface area contributed by atoms with E-state index in [2.05, 4.69) is 20.3 Å². The van der Waals surface area contributed by atoms with Crippen LogP contribution in [0.2, 0.25) is 0 Å². The Hall–Kier alpha value is -5.08. The maximum absolute atomic E-state index is 15.5. The highest BCUT2D eigenvalue weighted by Crippen LogP contribution is 2.41. The minimum atomic E-state index is -4.61. The maximum Gasteiger partial charge on any atom is 0.393 e. The molecule has 0 aliphatic carbocycles. The summed E-state index contributed by atoms with van der Waals surface area (Å²) in [7, 11) is 4.86. The fraction of sp³-hybridized carbons (Fsp3) is 0.400. The molecule has 2 aromatic heterocycles. The van der Waals surface area contributed by atoms with Crippen LogP contribution in [0.5, 0.6) is 5.88 Å². The van der Waals surface area contributed by atoms with Crippen LogP contribution in [0.25, 0.3) is 22.0 Å². The average molecular weight is 749 g/mol. The van der Waals surface area contributed by atoms with Gasteiger partial charge in [0.2, 0.25) is 17.7 Å². The topological polar surface area (TPSA) is 102 Å². The molecule has 0 spiro atoms. The van der Waals surface area contributed by atoms with Gasteiger partial charge in [0.1, 0.15) is 6.10 Å². The maximum atomic E-state index is 15.5. The van der Waals surface area contributed by atoms with E-state index < -0.39 is 24.8 Å². The molecule has 2 amide bonds. The van der Waals surface area contributed by atoms with Crippen LogP contribution in [-0.2, 0) is 9.53 Å². The lowest BCUT2D eigenvalue weighted by Gasteiger charge is -2.31. The van der Waals surface area contributed by atoms with E-state index in [1.807, 2.05) is 6.08 Å². The number of allylic oxidation sites excluding steroid dienone is 1. The van der Waals surface area contributed by atoms with Gasteiger partial charge < -0.3 is 19.7 Å². The molecule has 10 nitrogen and oxygen atoms in total. The monoisotopic (exact) mass is 748 g/mol. The van der Waals surface area contributed by atoms with Crippen LogP contribution in [0.1, 0.15) is 71.8 Å². The molecule has 0 unspecified atom stereocenters. The lowest BCUT2D eigenvalue weighted by Crippen LogP contribution is -2.41. The van der Waals surface area contributed by atoms with Gasteiger partial charge in [-0.1, -0.05) is 24.3 Å². The first-order valence-corrected chi connectivity index (χ1v) is 18.1. The molecule has 2 aliphatic rings. The summed E-state index contributed by atoms with van der Waals surface area (Å²) in [6, 6.07) is 14.0. The number of carbonyl (C=O) groups is 2. The number of amides is 2. The highest BCUT2D eigenvalue weighted by Gasteiger charge is 2.32. The van der Waals surface area contributed by atoms with Crippen LogP contribution in [0.15, 0.2) is 72.9 Å². The number of hydrogen-bond donors (Lipinski definition) is 1. The third-order valence-corrected chi connectivity index (χ3v) is 9.62. The number of hydrogen-bond acceptors (Lipinski definition) is 7. The second-order valence-electron chi connectivity index (χ2n) is 13.8. The van der Waals surface area contributed by atoms with Gasteiger partial charge in [-0.2, -0.15) is 17.6 Å². The summed E-state index contributed by atoms with van der Waals surface area (Å²) in [6.45, 7) is 2.58. The lowest BCUT2D eigenvalue weighted by atomic mass is 9.87. The number of nitrogens with one attached hydrogen (secondary N) is 1. The molecular formula is C40H44F4N6O4. The smallest absolute Gasteiger partial charge is 0.393 e. The van der Waals surface area contributed by atoms with Crippen LogP contribution in [-0.4, -0.2) is 96.0 Å². The van der Waals surface area contributed by atoms with Crippen LogP contribution in [0.3, 0.4) is 0 Å². The standard InChI is InChI=1S/C40H44F4N6O4/c1-45-39(52)27-13-11-26(12-14-27)32(23-40(42,43)44)37(28-15-17-33-31(22-28)38(41)47-50(33)36-10-4-5-21-53-36)29-16-18-34(46-24-29)54-30-8-6-19-49(25-30)20-7-9-35(51)48(2)3/h7,9,11-18,22,24,30,36H,4-6,8,10,19-21,23,25H2,1-3H3,(H,45,52)/b9-7+,37-32-/t30-,36-/m1/s1. The van der Waals surface area contributed by atoms with E-state index in [1.165, 1.54) is 53.2 Å². The number of halogens is 4. The van der Waals surface area contributed by atoms with Crippen molar-refractivity contribution in [3.8, 4) is 5.88 Å². The molecule has 0 radical (unpaired) electrons. The summed E-state index contributed by atoms with van der Waals surface area (Å²) < 4.78 is 72.4. The van der Waals surface area contributed by atoms with Crippen LogP contribution in [0, 0.1) is 5.95 Å². The fourth-order valence-corrected chi connectivity index (χ4v) is 6.91. The van der Waals surface area contributed by atoms with E-state index in [0.29, 0.717) is 48.6 Å². The molecule has 6 rings (SSSR count). The van der Waals surface area contributed by atoms with E-state index in [1.54, 1.807) is 44.4 Å². The number of pyridine rings is 1. The number of likely N-dealkylation sites (N-methyl/N-ethyl adjacent to an activating group) is 1. The summed E-state index contributed by atoms with van der Waals surface area (Å²) in [6.07, 6.45) is 2.44. The van der Waals surface area contributed by atoms with Crippen LogP contribution in [0.4, 0.5) is 17.6 Å². The Balaban J connectivity index is 1.37. The van der Waals surface area contributed by atoms with Gasteiger partial charge in [-0.3, -0.25) is 14.5 Å². The Morgan fingerprint density at radius 2 is 1.74 bits per heavy atom. The van der Waals surface area contributed by atoms with Gasteiger partial charge in [0.15, 0.2) is 6.23 Å². The van der Waals surface area contributed by atoms with Crippen molar-refractivity contribution in [2.75, 3.05) is 47.4 Å². The van der Waals surface area contributed by atoms with Gasteiger partial charge in [-0.25, -0.2) is 9.67 Å². The number of aromatic nitrogens is 3. The molecule has 2 saturated heterocycles. The summed E-state index contributed by atoms with van der Waals surface area (Å²) in [5.41, 5.74) is 1.82. The van der Waals surface area contributed by atoms with Crippen molar-refractivity contribution in [3.63, 3.8) is 0 Å². The Morgan fingerprint density at radius 3 is 2.41 bits per heavy atom. The molecule has 0 bridgehead atoms. The Morgan fingerprint density at radius 1 is 1.00 bits per heavy atom. The number of benzene rings is 2. The molecule has 4 heterocycles. The quantitative estimate of drug-likeness (QED) is 0.0999. The van der Waals surface area contributed by atoms with Gasteiger partial charge in [0.05, 0.1) is 17.3 Å².